The summed E-state index contributed by atoms with van der Waals surface area (Å²) in [4.78, 5) is 7.25. The third-order valence-electron chi connectivity index (χ3n) is 1.90. The summed E-state index contributed by atoms with van der Waals surface area (Å²) in [6.45, 7) is 1.56. The van der Waals surface area contributed by atoms with Crippen LogP contribution in [0.15, 0.2) is 12.1 Å². The smallest absolute Gasteiger partial charge is 0.109 e. The largest absolute Gasteiger partial charge is 0.342 e. The molecule has 1 N–H and O–H groups in total. The fraction of sp³-hybridized carbons (Fsp3) is 0.222. The molecule has 1 aromatic carbocycles. The molecule has 67 valence electrons. The molecule has 0 fully saturated rings. The fourth-order valence-electron chi connectivity index (χ4n) is 1.38. The molecule has 0 atom stereocenters. The molecule has 1 heterocycles. The third kappa shape index (κ3) is 1.41. The van der Waals surface area contributed by atoms with Crippen LogP contribution in [0.1, 0.15) is 11.4 Å². The molecule has 0 aliphatic carbocycles. The topological polar surface area (TPSA) is 48.6 Å². The van der Waals surface area contributed by atoms with E-state index in [0.717, 1.165) is 16.9 Å². The molecule has 2 rings (SSSR count). The summed E-state index contributed by atoms with van der Waals surface area (Å²) < 4.78 is 0. The number of aryl methyl sites for hydroxylation is 1. The summed E-state index contributed by atoms with van der Waals surface area (Å²) in [6.07, 6.45) is 0. The number of halogens is 1. The lowest BCUT2D eigenvalue weighted by Crippen LogP contribution is -1.84. The number of fused-ring (bicyclic) bond motifs is 1. The van der Waals surface area contributed by atoms with Crippen LogP contribution in [0.25, 0.3) is 11.0 Å². The molecular formula is C9H8ClN2O. The van der Waals surface area contributed by atoms with Gasteiger partial charge in [0.1, 0.15) is 12.4 Å². The zero-order valence-electron chi connectivity index (χ0n) is 7.10. The van der Waals surface area contributed by atoms with E-state index in [1.807, 2.05) is 6.92 Å². The first-order chi connectivity index (χ1) is 6.20. The Hall–Kier alpha value is -1.06. The van der Waals surface area contributed by atoms with Crippen molar-refractivity contribution in [2.75, 3.05) is 0 Å². The summed E-state index contributed by atoms with van der Waals surface area (Å²) in [5, 5.41) is 11.4. The van der Waals surface area contributed by atoms with Crippen LogP contribution in [0.3, 0.4) is 0 Å². The van der Waals surface area contributed by atoms with Gasteiger partial charge in [0.2, 0.25) is 0 Å². The van der Waals surface area contributed by atoms with Gasteiger partial charge in [-0.25, -0.2) is 10.1 Å². The average molecular weight is 196 g/mol. The van der Waals surface area contributed by atoms with Gasteiger partial charge in [-0.3, -0.25) is 0 Å². The van der Waals surface area contributed by atoms with E-state index in [2.05, 4.69) is 9.97 Å². The lowest BCUT2D eigenvalue weighted by molar-refractivity contribution is 0.178. The van der Waals surface area contributed by atoms with Gasteiger partial charge in [0.15, 0.2) is 0 Å². The Morgan fingerprint density at radius 2 is 2.31 bits per heavy atom. The average Bonchev–Trinajstić information content (AvgIpc) is 2.43. The standard InChI is InChI=1S/C9H8ClN2O/c1-5-11-8-3-7(10)2-6(4-13)9(8)12-5/h2-3H,4H2,1H3,(H,11,12). The summed E-state index contributed by atoms with van der Waals surface area (Å²) in [7, 11) is 0. The van der Waals surface area contributed by atoms with Crippen molar-refractivity contribution in [1.82, 2.24) is 9.97 Å². The number of aromatic nitrogens is 2. The van der Waals surface area contributed by atoms with E-state index < -0.39 is 0 Å². The first-order valence-corrected chi connectivity index (χ1v) is 4.31. The monoisotopic (exact) mass is 195 g/mol. The van der Waals surface area contributed by atoms with Gasteiger partial charge in [-0.15, -0.1) is 0 Å². The second kappa shape index (κ2) is 3.01. The first-order valence-electron chi connectivity index (χ1n) is 3.93. The second-order valence-corrected chi connectivity index (χ2v) is 3.36. The second-order valence-electron chi connectivity index (χ2n) is 2.93. The molecule has 0 saturated carbocycles. The molecule has 2 aromatic rings. The Morgan fingerprint density at radius 3 is 3.00 bits per heavy atom. The zero-order valence-corrected chi connectivity index (χ0v) is 7.85. The lowest BCUT2D eigenvalue weighted by atomic mass is 10.2. The number of hydrogen-bond donors (Lipinski definition) is 1. The van der Waals surface area contributed by atoms with Crippen LogP contribution in [0.2, 0.25) is 5.02 Å². The van der Waals surface area contributed by atoms with E-state index >= 15 is 0 Å². The molecule has 0 saturated heterocycles. The fourth-order valence-corrected chi connectivity index (χ4v) is 1.62. The molecule has 0 bridgehead atoms. The molecule has 13 heavy (non-hydrogen) atoms. The van der Waals surface area contributed by atoms with Crippen LogP contribution in [0.4, 0.5) is 0 Å². The van der Waals surface area contributed by atoms with E-state index in [-0.39, 0.29) is 6.61 Å². The Morgan fingerprint density at radius 1 is 1.54 bits per heavy atom. The minimum absolute atomic E-state index is 0.290. The van der Waals surface area contributed by atoms with Crippen molar-refractivity contribution in [2.45, 2.75) is 13.5 Å². The minimum atomic E-state index is -0.290. The summed E-state index contributed by atoms with van der Waals surface area (Å²) in [5.41, 5.74) is 2.21. The van der Waals surface area contributed by atoms with E-state index in [1.54, 1.807) is 12.1 Å². The Balaban J connectivity index is 2.80. The zero-order chi connectivity index (χ0) is 9.42. The summed E-state index contributed by atoms with van der Waals surface area (Å²) >= 11 is 5.83. The number of H-pyrrole nitrogens is 1. The SMILES string of the molecule is Cc1nc2c(C[O])cc(Cl)cc2[nH]1. The Bertz CT molecular complexity index is 450. The number of rotatable bonds is 1. The molecule has 1 aromatic heterocycles. The molecule has 0 aliphatic heterocycles. The third-order valence-corrected chi connectivity index (χ3v) is 2.12. The van der Waals surface area contributed by atoms with E-state index in [1.165, 1.54) is 0 Å². The van der Waals surface area contributed by atoms with Crippen molar-refractivity contribution in [3.8, 4) is 0 Å². The van der Waals surface area contributed by atoms with Crippen molar-refractivity contribution in [1.29, 1.82) is 0 Å². The molecule has 0 spiro atoms. The van der Waals surface area contributed by atoms with Crippen LogP contribution in [0, 0.1) is 6.92 Å². The molecule has 0 aliphatic rings. The van der Waals surface area contributed by atoms with Gasteiger partial charge >= 0.3 is 0 Å². The van der Waals surface area contributed by atoms with Gasteiger partial charge in [0, 0.05) is 10.6 Å². The minimum Gasteiger partial charge on any atom is -0.342 e. The number of benzene rings is 1. The first kappa shape index (κ1) is 8.53. The maximum absolute atomic E-state index is 10.8. The van der Waals surface area contributed by atoms with Crippen molar-refractivity contribution in [3.63, 3.8) is 0 Å². The lowest BCUT2D eigenvalue weighted by Gasteiger charge is -1.96. The van der Waals surface area contributed by atoms with Crippen molar-refractivity contribution in [2.24, 2.45) is 0 Å². The van der Waals surface area contributed by atoms with Crippen molar-refractivity contribution in [3.05, 3.63) is 28.5 Å². The number of hydrogen-bond acceptors (Lipinski definition) is 1. The number of aromatic amines is 1. The van der Waals surface area contributed by atoms with Crippen LogP contribution in [-0.2, 0) is 11.7 Å². The van der Waals surface area contributed by atoms with Crippen LogP contribution in [-0.4, -0.2) is 9.97 Å². The van der Waals surface area contributed by atoms with Gasteiger partial charge in [-0.05, 0) is 19.1 Å². The highest BCUT2D eigenvalue weighted by atomic mass is 35.5. The van der Waals surface area contributed by atoms with E-state index in [9.17, 15) is 5.11 Å². The highest BCUT2D eigenvalue weighted by Crippen LogP contribution is 2.22. The normalized spacial score (nSPS) is 11.0. The molecule has 0 amide bonds. The van der Waals surface area contributed by atoms with Crippen LogP contribution < -0.4 is 0 Å². The molecule has 3 nitrogen and oxygen atoms in total. The summed E-state index contributed by atoms with van der Waals surface area (Å²) in [5.74, 6) is 0.798. The predicted molar refractivity (Wildman–Crippen MR) is 50.2 cm³/mol. The summed E-state index contributed by atoms with van der Waals surface area (Å²) in [6, 6.07) is 3.44. The quantitative estimate of drug-likeness (QED) is 0.747. The van der Waals surface area contributed by atoms with E-state index in [0.29, 0.717) is 10.6 Å². The van der Waals surface area contributed by atoms with Gasteiger partial charge < -0.3 is 4.98 Å². The van der Waals surface area contributed by atoms with Crippen LogP contribution >= 0.6 is 11.6 Å². The molecule has 1 radical (unpaired) electrons. The molecular weight excluding hydrogens is 188 g/mol. The highest BCUT2D eigenvalue weighted by molar-refractivity contribution is 6.31. The predicted octanol–water partition coefficient (Wildman–Crippen LogP) is 2.46. The van der Waals surface area contributed by atoms with E-state index in [4.69, 9.17) is 11.6 Å². The van der Waals surface area contributed by atoms with Crippen LogP contribution in [0.5, 0.6) is 0 Å². The Labute approximate surface area is 80.4 Å². The maximum atomic E-state index is 10.8. The van der Waals surface area contributed by atoms with Gasteiger partial charge in [-0.2, -0.15) is 0 Å². The maximum Gasteiger partial charge on any atom is 0.109 e. The number of nitrogens with one attached hydrogen (secondary N) is 1. The van der Waals surface area contributed by atoms with Gasteiger partial charge in [-0.1, -0.05) is 11.6 Å². The molecule has 0 unspecified atom stereocenters. The van der Waals surface area contributed by atoms with Crippen molar-refractivity contribution >= 4 is 22.6 Å². The number of nitrogens with zero attached hydrogens (tertiary/aromatic N) is 1. The van der Waals surface area contributed by atoms with Crippen molar-refractivity contribution < 1.29 is 5.11 Å². The van der Waals surface area contributed by atoms with Gasteiger partial charge in [0.25, 0.3) is 0 Å². The number of imidazole rings is 1. The highest BCUT2D eigenvalue weighted by Gasteiger charge is 2.06. The molecule has 4 heteroatoms. The Kier molecular flexibility index (Phi) is 1.98. The van der Waals surface area contributed by atoms with Gasteiger partial charge in [0.05, 0.1) is 11.0 Å².